The van der Waals surface area contributed by atoms with E-state index in [4.69, 9.17) is 4.74 Å². The molecule has 0 N–H and O–H groups in total. The molecule has 0 bridgehead atoms. The van der Waals surface area contributed by atoms with Gasteiger partial charge in [0, 0.05) is 35.9 Å². The third-order valence-electron chi connectivity index (χ3n) is 3.70. The quantitative estimate of drug-likeness (QED) is 0.458. The number of hydrogen-bond donors (Lipinski definition) is 0. The largest absolute Gasteiger partial charge is 0.444 e. The number of ether oxygens (including phenoxy) is 1. The lowest BCUT2D eigenvalue weighted by Gasteiger charge is -2.34. The van der Waals surface area contributed by atoms with E-state index in [-0.39, 0.29) is 11.8 Å². The highest BCUT2D eigenvalue weighted by molar-refractivity contribution is 7.99. The maximum atomic E-state index is 12.2. The number of nitro groups is 1. The van der Waals surface area contributed by atoms with E-state index in [9.17, 15) is 14.9 Å². The molecule has 1 aromatic carbocycles. The van der Waals surface area contributed by atoms with Crippen molar-refractivity contribution in [3.63, 3.8) is 0 Å². The lowest BCUT2D eigenvalue weighted by atomic mass is 10.0. The van der Waals surface area contributed by atoms with Crippen LogP contribution < -0.4 is 0 Å². The Balaban J connectivity index is 1.84. The first-order chi connectivity index (χ1) is 11.2. The maximum Gasteiger partial charge on any atom is 0.410 e. The topological polar surface area (TPSA) is 72.7 Å². The number of non-ortho nitro benzene ring substituents is 1. The molecule has 7 heteroatoms. The first kappa shape index (κ1) is 18.6. The highest BCUT2D eigenvalue weighted by Crippen LogP contribution is 2.27. The fourth-order valence-corrected chi connectivity index (χ4v) is 3.60. The van der Waals surface area contributed by atoms with E-state index in [1.54, 1.807) is 28.8 Å². The second kappa shape index (κ2) is 7.88. The van der Waals surface area contributed by atoms with Crippen LogP contribution in [0.5, 0.6) is 0 Å². The van der Waals surface area contributed by atoms with Gasteiger partial charge in [-0.25, -0.2) is 4.79 Å². The van der Waals surface area contributed by atoms with Crippen LogP contribution in [0.25, 0.3) is 0 Å². The van der Waals surface area contributed by atoms with Gasteiger partial charge >= 0.3 is 6.09 Å². The number of nitro benzene ring substituents is 1. The molecule has 0 spiro atoms. The Morgan fingerprint density at radius 1 is 1.38 bits per heavy atom. The summed E-state index contributed by atoms with van der Waals surface area (Å²) in [6.07, 6.45) is 1.82. The molecule has 1 heterocycles. The van der Waals surface area contributed by atoms with Crippen molar-refractivity contribution in [3.05, 3.63) is 34.4 Å². The average Bonchev–Trinajstić information content (AvgIpc) is 2.52. The first-order valence-electron chi connectivity index (χ1n) is 8.10. The van der Waals surface area contributed by atoms with Crippen molar-refractivity contribution >= 4 is 23.5 Å². The van der Waals surface area contributed by atoms with E-state index >= 15 is 0 Å². The van der Waals surface area contributed by atoms with E-state index in [2.05, 4.69) is 0 Å². The summed E-state index contributed by atoms with van der Waals surface area (Å²) in [5.74, 6) is 1.29. The summed E-state index contributed by atoms with van der Waals surface area (Å²) < 4.78 is 5.44. The number of thioether (sulfide) groups is 1. The Kier molecular flexibility index (Phi) is 6.10. The summed E-state index contributed by atoms with van der Waals surface area (Å²) in [5, 5.41) is 10.7. The van der Waals surface area contributed by atoms with Crippen molar-refractivity contribution < 1.29 is 14.5 Å². The van der Waals surface area contributed by atoms with Gasteiger partial charge in [-0.2, -0.15) is 0 Å². The van der Waals surface area contributed by atoms with Gasteiger partial charge < -0.3 is 9.64 Å². The number of amides is 1. The molecule has 0 saturated carbocycles. The summed E-state index contributed by atoms with van der Waals surface area (Å²) in [6.45, 7) is 7.06. The van der Waals surface area contributed by atoms with Gasteiger partial charge in [-0.05, 0) is 51.7 Å². The highest BCUT2D eigenvalue weighted by Gasteiger charge is 2.27. The van der Waals surface area contributed by atoms with Crippen LogP contribution in [0.2, 0.25) is 0 Å². The normalized spacial score (nSPS) is 18.3. The molecule has 0 aromatic heterocycles. The van der Waals surface area contributed by atoms with Gasteiger partial charge in [0.1, 0.15) is 5.60 Å². The first-order valence-corrected chi connectivity index (χ1v) is 9.08. The Morgan fingerprint density at radius 2 is 2.04 bits per heavy atom. The number of rotatable bonds is 4. The Bertz CT molecular complexity index is 583. The van der Waals surface area contributed by atoms with Crippen LogP contribution >= 0.6 is 11.8 Å². The number of hydrogen-bond acceptors (Lipinski definition) is 5. The van der Waals surface area contributed by atoms with Crippen LogP contribution in [-0.4, -0.2) is 40.4 Å². The molecular weight excluding hydrogens is 328 g/mol. The predicted octanol–water partition coefficient (Wildman–Crippen LogP) is 4.33. The van der Waals surface area contributed by atoms with Crippen molar-refractivity contribution in [2.24, 2.45) is 5.92 Å². The zero-order valence-electron chi connectivity index (χ0n) is 14.4. The Morgan fingerprint density at radius 3 is 2.62 bits per heavy atom. The zero-order valence-corrected chi connectivity index (χ0v) is 15.2. The van der Waals surface area contributed by atoms with Gasteiger partial charge in [0.15, 0.2) is 0 Å². The fraction of sp³-hybridized carbons (Fsp3) is 0.588. The summed E-state index contributed by atoms with van der Waals surface area (Å²) in [5.41, 5.74) is -0.370. The minimum atomic E-state index is -0.475. The monoisotopic (exact) mass is 352 g/mol. The smallest absolute Gasteiger partial charge is 0.410 e. The van der Waals surface area contributed by atoms with Crippen LogP contribution in [-0.2, 0) is 4.74 Å². The second-order valence-electron chi connectivity index (χ2n) is 7.00. The molecule has 0 radical (unpaired) electrons. The fourth-order valence-electron chi connectivity index (χ4n) is 2.57. The molecular formula is C17H24N2O4S. The molecule has 1 aromatic rings. The van der Waals surface area contributed by atoms with Crippen molar-refractivity contribution in [3.8, 4) is 0 Å². The number of benzene rings is 1. The number of likely N-dealkylation sites (tertiary alicyclic amines) is 1. The number of piperidine rings is 1. The van der Waals surface area contributed by atoms with Crippen LogP contribution in [0, 0.1) is 16.0 Å². The molecule has 1 saturated heterocycles. The van der Waals surface area contributed by atoms with Gasteiger partial charge in [0.05, 0.1) is 4.92 Å². The minimum Gasteiger partial charge on any atom is -0.444 e. The van der Waals surface area contributed by atoms with E-state index in [0.717, 1.165) is 30.0 Å². The summed E-state index contributed by atoms with van der Waals surface area (Å²) in [4.78, 5) is 25.2. The lowest BCUT2D eigenvalue weighted by Crippen LogP contribution is -2.43. The molecule has 0 aliphatic carbocycles. The SMILES string of the molecule is CC(C)(C)OC(=O)N1CCCC(CSc2ccc([N+](=O)[O-])cc2)C1. The molecule has 24 heavy (non-hydrogen) atoms. The van der Waals surface area contributed by atoms with Gasteiger partial charge in [0.2, 0.25) is 0 Å². The molecule has 2 rings (SSSR count). The van der Waals surface area contributed by atoms with Crippen LogP contribution in [0.4, 0.5) is 10.5 Å². The van der Waals surface area contributed by atoms with E-state index in [1.807, 2.05) is 20.8 Å². The van der Waals surface area contributed by atoms with Crippen LogP contribution in [0.15, 0.2) is 29.2 Å². The van der Waals surface area contributed by atoms with Gasteiger partial charge in [0.25, 0.3) is 5.69 Å². The van der Waals surface area contributed by atoms with Crippen molar-refractivity contribution in [2.45, 2.75) is 44.1 Å². The third kappa shape index (κ3) is 5.70. The van der Waals surface area contributed by atoms with Crippen molar-refractivity contribution in [1.29, 1.82) is 0 Å². The molecule has 1 aliphatic heterocycles. The van der Waals surface area contributed by atoms with E-state index in [1.165, 1.54) is 12.1 Å². The summed E-state index contributed by atoms with van der Waals surface area (Å²) in [7, 11) is 0. The van der Waals surface area contributed by atoms with E-state index < -0.39 is 10.5 Å². The number of nitrogens with zero attached hydrogens (tertiary/aromatic N) is 2. The van der Waals surface area contributed by atoms with Gasteiger partial charge in [-0.15, -0.1) is 11.8 Å². The minimum absolute atomic E-state index is 0.105. The molecule has 132 valence electrons. The summed E-state index contributed by atoms with van der Waals surface area (Å²) >= 11 is 1.67. The van der Waals surface area contributed by atoms with Crippen molar-refractivity contribution in [1.82, 2.24) is 4.90 Å². The van der Waals surface area contributed by atoms with Crippen LogP contribution in [0.1, 0.15) is 33.6 Å². The molecule has 1 fully saturated rings. The van der Waals surface area contributed by atoms with Gasteiger partial charge in [-0.1, -0.05) is 0 Å². The highest BCUT2D eigenvalue weighted by atomic mass is 32.2. The van der Waals surface area contributed by atoms with Crippen LogP contribution in [0.3, 0.4) is 0 Å². The third-order valence-corrected chi connectivity index (χ3v) is 4.95. The molecule has 1 atom stereocenters. The van der Waals surface area contributed by atoms with Gasteiger partial charge in [-0.3, -0.25) is 10.1 Å². The lowest BCUT2D eigenvalue weighted by molar-refractivity contribution is -0.384. The Labute approximate surface area is 146 Å². The standard InChI is InChI=1S/C17H24N2O4S/c1-17(2,3)23-16(20)18-10-4-5-13(11-18)12-24-15-8-6-14(7-9-15)19(21)22/h6-9,13H,4-5,10-12H2,1-3H3. The predicted molar refractivity (Wildman–Crippen MR) is 94.4 cm³/mol. The Hall–Kier alpha value is -1.76. The van der Waals surface area contributed by atoms with E-state index in [0.29, 0.717) is 12.5 Å². The number of carbonyl (C=O) groups excluding carboxylic acids is 1. The zero-order chi connectivity index (χ0) is 17.7. The molecule has 1 unspecified atom stereocenters. The average molecular weight is 352 g/mol. The maximum absolute atomic E-state index is 12.2. The molecule has 1 amide bonds. The molecule has 6 nitrogen and oxygen atoms in total. The number of carbonyl (C=O) groups is 1. The van der Waals surface area contributed by atoms with Crippen molar-refractivity contribution in [2.75, 3.05) is 18.8 Å². The summed E-state index contributed by atoms with van der Waals surface area (Å²) in [6, 6.07) is 6.60. The second-order valence-corrected chi connectivity index (χ2v) is 8.09. The molecule has 1 aliphatic rings.